The monoisotopic (exact) mass is 493 g/mol. The molecule has 34 heavy (non-hydrogen) atoms. The van der Waals surface area contributed by atoms with Crippen LogP contribution >= 0.6 is 11.6 Å². The lowest BCUT2D eigenvalue weighted by Gasteiger charge is -2.14. The molecule has 0 unspecified atom stereocenters. The summed E-state index contributed by atoms with van der Waals surface area (Å²) in [6.07, 6.45) is 2.75. The lowest BCUT2D eigenvalue weighted by atomic mass is 10.0. The molecule has 0 atom stereocenters. The fourth-order valence-corrected chi connectivity index (χ4v) is 4.42. The van der Waals surface area contributed by atoms with E-state index in [0.29, 0.717) is 22.0 Å². The first kappa shape index (κ1) is 23.4. The number of carbonyl (C=O) groups excluding carboxylic acids is 2. The van der Waals surface area contributed by atoms with Crippen molar-refractivity contribution in [2.45, 2.75) is 11.8 Å². The summed E-state index contributed by atoms with van der Waals surface area (Å²) in [5, 5.41) is 7.70. The van der Waals surface area contributed by atoms with Gasteiger partial charge < -0.3 is 10.6 Å². The third-order valence-electron chi connectivity index (χ3n) is 5.13. The van der Waals surface area contributed by atoms with Gasteiger partial charge in [0.1, 0.15) is 0 Å². The van der Waals surface area contributed by atoms with Gasteiger partial charge in [-0.15, -0.1) is 0 Å². The van der Waals surface area contributed by atoms with Crippen LogP contribution in [0, 0.1) is 0 Å². The van der Waals surface area contributed by atoms with E-state index in [0.717, 1.165) is 17.0 Å². The lowest BCUT2D eigenvalue weighted by Crippen LogP contribution is -2.17. The molecule has 0 aliphatic carbocycles. The molecule has 0 radical (unpaired) electrons. The number of aromatic nitrogens is 1. The van der Waals surface area contributed by atoms with Crippen molar-refractivity contribution >= 4 is 55.4 Å². The first-order valence-corrected chi connectivity index (χ1v) is 12.5. The maximum Gasteiger partial charge on any atom is 0.257 e. The Hall–Kier alpha value is -3.75. The number of fused-ring (bicyclic) bond motifs is 1. The van der Waals surface area contributed by atoms with Gasteiger partial charge in [0, 0.05) is 36.0 Å². The molecule has 4 rings (SSSR count). The van der Waals surface area contributed by atoms with Crippen LogP contribution < -0.4 is 10.6 Å². The van der Waals surface area contributed by atoms with Gasteiger partial charge in [0.05, 0.1) is 26.9 Å². The SMILES string of the molecule is CC(=O)Nc1cc(S(C)(=O)=O)ccc1C(=O)Nc1ccc(Cl)c(-c2nccc3ccccc23)c1. The van der Waals surface area contributed by atoms with E-state index in [1.807, 2.05) is 30.3 Å². The van der Waals surface area contributed by atoms with Crippen LogP contribution in [-0.4, -0.2) is 31.5 Å². The maximum atomic E-state index is 13.1. The lowest BCUT2D eigenvalue weighted by molar-refractivity contribution is -0.114. The van der Waals surface area contributed by atoms with Gasteiger partial charge in [-0.05, 0) is 47.9 Å². The zero-order chi connectivity index (χ0) is 24.5. The first-order chi connectivity index (χ1) is 16.1. The highest BCUT2D eigenvalue weighted by Crippen LogP contribution is 2.34. The van der Waals surface area contributed by atoms with Gasteiger partial charge in [-0.25, -0.2) is 8.42 Å². The van der Waals surface area contributed by atoms with Gasteiger partial charge in [-0.3, -0.25) is 14.6 Å². The van der Waals surface area contributed by atoms with Gasteiger partial charge in [-0.2, -0.15) is 0 Å². The van der Waals surface area contributed by atoms with E-state index in [-0.39, 0.29) is 16.1 Å². The summed E-state index contributed by atoms with van der Waals surface area (Å²) in [5.41, 5.74) is 1.99. The molecule has 4 aromatic rings. The number of hydrogen-bond donors (Lipinski definition) is 2. The molecule has 3 aromatic carbocycles. The van der Waals surface area contributed by atoms with E-state index in [2.05, 4.69) is 15.6 Å². The summed E-state index contributed by atoms with van der Waals surface area (Å²) in [6.45, 7) is 1.28. The highest BCUT2D eigenvalue weighted by Gasteiger charge is 2.18. The van der Waals surface area contributed by atoms with E-state index in [1.54, 1.807) is 24.4 Å². The number of pyridine rings is 1. The van der Waals surface area contributed by atoms with Crippen molar-refractivity contribution in [2.24, 2.45) is 0 Å². The number of rotatable bonds is 5. The van der Waals surface area contributed by atoms with E-state index in [4.69, 9.17) is 11.6 Å². The molecule has 1 aromatic heterocycles. The Kier molecular flexibility index (Phi) is 6.37. The summed E-state index contributed by atoms with van der Waals surface area (Å²) in [6, 6.07) is 18.7. The third kappa shape index (κ3) is 4.93. The van der Waals surface area contributed by atoms with Crippen molar-refractivity contribution < 1.29 is 18.0 Å². The van der Waals surface area contributed by atoms with Crippen LogP contribution in [0.5, 0.6) is 0 Å². The molecule has 0 spiro atoms. The van der Waals surface area contributed by atoms with Crippen molar-refractivity contribution in [3.63, 3.8) is 0 Å². The van der Waals surface area contributed by atoms with Crippen molar-refractivity contribution in [3.05, 3.63) is 83.5 Å². The second-order valence-electron chi connectivity index (χ2n) is 7.69. The fourth-order valence-electron chi connectivity index (χ4n) is 3.56. The van der Waals surface area contributed by atoms with Crippen LogP contribution in [-0.2, 0) is 14.6 Å². The number of anilines is 2. The second-order valence-corrected chi connectivity index (χ2v) is 10.1. The Balaban J connectivity index is 1.72. The summed E-state index contributed by atoms with van der Waals surface area (Å²) in [7, 11) is -3.53. The molecule has 0 bridgehead atoms. The number of halogens is 1. The Morgan fingerprint density at radius 3 is 2.44 bits per heavy atom. The average molecular weight is 494 g/mol. The third-order valence-corrected chi connectivity index (χ3v) is 6.57. The molecular formula is C25H20ClN3O4S. The zero-order valence-corrected chi connectivity index (χ0v) is 19.9. The van der Waals surface area contributed by atoms with E-state index >= 15 is 0 Å². The Labute approximate surface area is 201 Å². The van der Waals surface area contributed by atoms with Crippen molar-refractivity contribution in [2.75, 3.05) is 16.9 Å². The maximum absolute atomic E-state index is 13.1. The molecule has 0 saturated carbocycles. The number of nitrogens with zero attached hydrogens (tertiary/aromatic N) is 1. The molecule has 0 saturated heterocycles. The first-order valence-electron chi connectivity index (χ1n) is 10.2. The van der Waals surface area contributed by atoms with Crippen LogP contribution in [0.1, 0.15) is 17.3 Å². The normalized spacial score (nSPS) is 11.3. The number of nitrogens with one attached hydrogen (secondary N) is 2. The van der Waals surface area contributed by atoms with Crippen molar-refractivity contribution in [1.29, 1.82) is 0 Å². The highest BCUT2D eigenvalue weighted by molar-refractivity contribution is 7.90. The summed E-state index contributed by atoms with van der Waals surface area (Å²) in [5.74, 6) is -0.960. The van der Waals surface area contributed by atoms with Gasteiger partial charge >= 0.3 is 0 Å². The predicted octanol–water partition coefficient (Wildman–Crippen LogP) is 5.17. The fraction of sp³-hybridized carbons (Fsp3) is 0.0800. The minimum atomic E-state index is -3.53. The number of sulfone groups is 1. The second kappa shape index (κ2) is 9.24. The highest BCUT2D eigenvalue weighted by atomic mass is 35.5. The van der Waals surface area contributed by atoms with E-state index in [1.165, 1.54) is 25.1 Å². The van der Waals surface area contributed by atoms with Gasteiger partial charge in [0.25, 0.3) is 5.91 Å². The molecule has 9 heteroatoms. The molecule has 0 aliphatic heterocycles. The zero-order valence-electron chi connectivity index (χ0n) is 18.3. The number of benzene rings is 3. The van der Waals surface area contributed by atoms with Crippen LogP contribution in [0.3, 0.4) is 0 Å². The standard InChI is InChI=1S/C25H20ClN3O4S/c1-15(30)28-23-14-18(34(2,32)33)8-9-20(23)25(31)29-17-7-10-22(26)21(13-17)24-19-6-4-3-5-16(19)11-12-27-24/h3-14H,1-2H3,(H,28,30)(H,29,31). The number of amides is 2. The minimum Gasteiger partial charge on any atom is -0.326 e. The smallest absolute Gasteiger partial charge is 0.257 e. The quantitative estimate of drug-likeness (QED) is 0.399. The van der Waals surface area contributed by atoms with Crippen molar-refractivity contribution in [1.82, 2.24) is 4.98 Å². The molecule has 7 nitrogen and oxygen atoms in total. The topological polar surface area (TPSA) is 105 Å². The summed E-state index contributed by atoms with van der Waals surface area (Å²) < 4.78 is 23.8. The van der Waals surface area contributed by atoms with E-state index < -0.39 is 21.7 Å². The summed E-state index contributed by atoms with van der Waals surface area (Å²) in [4.78, 5) is 29.2. The van der Waals surface area contributed by atoms with Crippen LogP contribution in [0.2, 0.25) is 5.02 Å². The van der Waals surface area contributed by atoms with Gasteiger partial charge in [0.15, 0.2) is 9.84 Å². The number of hydrogen-bond acceptors (Lipinski definition) is 5. The van der Waals surface area contributed by atoms with Gasteiger partial charge in [-0.1, -0.05) is 35.9 Å². The Bertz CT molecular complexity index is 1550. The average Bonchev–Trinajstić information content (AvgIpc) is 2.79. The van der Waals surface area contributed by atoms with Crippen LogP contribution in [0.15, 0.2) is 77.8 Å². The Morgan fingerprint density at radius 1 is 0.941 bits per heavy atom. The largest absolute Gasteiger partial charge is 0.326 e. The molecule has 1 heterocycles. The molecule has 2 amide bonds. The number of carbonyl (C=O) groups is 2. The van der Waals surface area contributed by atoms with Crippen LogP contribution in [0.4, 0.5) is 11.4 Å². The van der Waals surface area contributed by atoms with Gasteiger partial charge in [0.2, 0.25) is 5.91 Å². The Morgan fingerprint density at radius 2 is 1.71 bits per heavy atom. The molecule has 0 aliphatic rings. The van der Waals surface area contributed by atoms with Crippen molar-refractivity contribution in [3.8, 4) is 11.3 Å². The summed E-state index contributed by atoms with van der Waals surface area (Å²) >= 11 is 6.47. The van der Waals surface area contributed by atoms with Crippen LogP contribution in [0.25, 0.3) is 22.0 Å². The molecule has 2 N–H and O–H groups in total. The molecule has 0 fully saturated rings. The molecule has 172 valence electrons. The van der Waals surface area contributed by atoms with E-state index in [9.17, 15) is 18.0 Å². The molecular weight excluding hydrogens is 474 g/mol. The minimum absolute atomic E-state index is 0.0105. The predicted molar refractivity (Wildman–Crippen MR) is 134 cm³/mol.